The molecule has 1 unspecified atom stereocenters. The molecule has 6 heteroatoms. The molecule has 132 valence electrons. The second kappa shape index (κ2) is 6.46. The second-order valence-corrected chi connectivity index (χ2v) is 7.71. The van der Waals surface area contributed by atoms with Crippen molar-refractivity contribution in [1.29, 1.82) is 0 Å². The van der Waals surface area contributed by atoms with E-state index < -0.39 is 0 Å². The van der Waals surface area contributed by atoms with Crippen LogP contribution < -0.4 is 0 Å². The Hall–Kier alpha value is -1.85. The SMILES string of the molecule is O=C(c1cc(-c2ccc(Cl)cc2)n[nH]1)N1CCC[C@@]2(CCCC2O)C1. The molecule has 2 aliphatic rings. The third-order valence-corrected chi connectivity index (χ3v) is 5.96. The number of nitrogens with one attached hydrogen (secondary N) is 1. The predicted molar refractivity (Wildman–Crippen MR) is 96.5 cm³/mol. The van der Waals surface area contributed by atoms with Crippen molar-refractivity contribution in [2.45, 2.75) is 38.2 Å². The minimum absolute atomic E-state index is 0.0362. The average molecular weight is 360 g/mol. The Morgan fingerprint density at radius 1 is 1.28 bits per heavy atom. The smallest absolute Gasteiger partial charge is 0.271 e. The Bertz CT molecular complexity index is 773. The second-order valence-electron chi connectivity index (χ2n) is 7.27. The summed E-state index contributed by atoms with van der Waals surface area (Å²) < 4.78 is 0. The number of hydrogen-bond acceptors (Lipinski definition) is 3. The summed E-state index contributed by atoms with van der Waals surface area (Å²) in [4.78, 5) is 14.8. The maximum atomic E-state index is 12.9. The molecule has 0 radical (unpaired) electrons. The van der Waals surface area contributed by atoms with Gasteiger partial charge in [0.05, 0.1) is 11.8 Å². The van der Waals surface area contributed by atoms with Crippen LogP contribution in [-0.4, -0.2) is 45.3 Å². The number of benzene rings is 1. The zero-order valence-electron chi connectivity index (χ0n) is 14.0. The van der Waals surface area contributed by atoms with Gasteiger partial charge in [-0.3, -0.25) is 9.89 Å². The normalized spacial score (nSPS) is 26.3. The van der Waals surface area contributed by atoms with E-state index in [1.807, 2.05) is 29.2 Å². The molecular weight excluding hydrogens is 338 g/mol. The number of aliphatic hydroxyl groups is 1. The number of carbonyl (C=O) groups excluding carboxylic acids is 1. The van der Waals surface area contributed by atoms with Crippen molar-refractivity contribution < 1.29 is 9.90 Å². The lowest BCUT2D eigenvalue weighted by Crippen LogP contribution is -2.49. The van der Waals surface area contributed by atoms with E-state index >= 15 is 0 Å². The van der Waals surface area contributed by atoms with Crippen molar-refractivity contribution in [3.8, 4) is 11.3 Å². The van der Waals surface area contributed by atoms with Gasteiger partial charge in [0.15, 0.2) is 0 Å². The van der Waals surface area contributed by atoms with Crippen LogP contribution in [0, 0.1) is 5.41 Å². The summed E-state index contributed by atoms with van der Waals surface area (Å²) in [5.74, 6) is -0.0362. The number of aromatic nitrogens is 2. The molecule has 5 nitrogen and oxygen atoms in total. The molecule has 1 aromatic heterocycles. The molecule has 4 rings (SSSR count). The van der Waals surface area contributed by atoms with Crippen LogP contribution in [-0.2, 0) is 0 Å². The fraction of sp³-hybridized carbons (Fsp3) is 0.474. The van der Waals surface area contributed by atoms with E-state index in [0.29, 0.717) is 17.3 Å². The summed E-state index contributed by atoms with van der Waals surface area (Å²) in [5.41, 5.74) is 2.04. The van der Waals surface area contributed by atoms with Crippen LogP contribution in [0.4, 0.5) is 0 Å². The number of amides is 1. The lowest BCUT2D eigenvalue weighted by molar-refractivity contribution is -0.00555. The van der Waals surface area contributed by atoms with E-state index in [9.17, 15) is 9.90 Å². The molecule has 1 amide bonds. The van der Waals surface area contributed by atoms with Crippen LogP contribution in [0.5, 0.6) is 0 Å². The molecule has 2 aromatic rings. The van der Waals surface area contributed by atoms with Gasteiger partial charge in [-0.2, -0.15) is 5.10 Å². The Kier molecular flexibility index (Phi) is 4.29. The van der Waals surface area contributed by atoms with Crippen LogP contribution in [0.2, 0.25) is 5.02 Å². The van der Waals surface area contributed by atoms with Crippen molar-refractivity contribution in [3.63, 3.8) is 0 Å². The molecule has 1 aromatic carbocycles. The molecule has 1 spiro atoms. The van der Waals surface area contributed by atoms with Gasteiger partial charge in [-0.15, -0.1) is 0 Å². The Labute approximate surface area is 152 Å². The maximum Gasteiger partial charge on any atom is 0.271 e. The average Bonchev–Trinajstić information content (AvgIpc) is 3.24. The number of aliphatic hydroxyl groups excluding tert-OH is 1. The number of halogens is 1. The number of hydrogen-bond donors (Lipinski definition) is 2. The topological polar surface area (TPSA) is 69.2 Å². The molecule has 2 fully saturated rings. The number of likely N-dealkylation sites (tertiary alicyclic amines) is 1. The first kappa shape index (κ1) is 16.6. The van der Waals surface area contributed by atoms with E-state index in [1.165, 1.54) is 0 Å². The lowest BCUT2D eigenvalue weighted by atomic mass is 9.76. The molecule has 25 heavy (non-hydrogen) atoms. The molecule has 1 aliphatic carbocycles. The Balaban J connectivity index is 1.52. The summed E-state index contributed by atoms with van der Waals surface area (Å²) in [5, 5.41) is 18.2. The van der Waals surface area contributed by atoms with Gasteiger partial charge in [-0.1, -0.05) is 30.2 Å². The van der Waals surface area contributed by atoms with Gasteiger partial charge in [0, 0.05) is 29.1 Å². The highest BCUT2D eigenvalue weighted by atomic mass is 35.5. The first-order chi connectivity index (χ1) is 12.1. The van der Waals surface area contributed by atoms with Gasteiger partial charge < -0.3 is 10.0 Å². The highest BCUT2D eigenvalue weighted by Crippen LogP contribution is 2.45. The largest absolute Gasteiger partial charge is 0.392 e. The van der Waals surface area contributed by atoms with Gasteiger partial charge >= 0.3 is 0 Å². The molecule has 1 saturated heterocycles. The number of carbonyl (C=O) groups is 1. The van der Waals surface area contributed by atoms with Crippen LogP contribution >= 0.6 is 11.6 Å². The summed E-state index contributed by atoms with van der Waals surface area (Å²) in [6.45, 7) is 1.38. The molecule has 2 heterocycles. The van der Waals surface area contributed by atoms with E-state index in [0.717, 1.165) is 49.9 Å². The first-order valence-corrected chi connectivity index (χ1v) is 9.24. The van der Waals surface area contributed by atoms with Gasteiger partial charge in [0.1, 0.15) is 5.69 Å². The van der Waals surface area contributed by atoms with Gasteiger partial charge in [-0.05, 0) is 43.9 Å². The van der Waals surface area contributed by atoms with Gasteiger partial charge in [0.2, 0.25) is 0 Å². The highest BCUT2D eigenvalue weighted by Gasteiger charge is 2.45. The number of aromatic amines is 1. The third kappa shape index (κ3) is 3.07. The monoisotopic (exact) mass is 359 g/mol. The van der Waals surface area contributed by atoms with Crippen molar-refractivity contribution in [2.75, 3.05) is 13.1 Å². The van der Waals surface area contributed by atoms with Gasteiger partial charge in [0.25, 0.3) is 5.91 Å². The summed E-state index contributed by atoms with van der Waals surface area (Å²) in [6, 6.07) is 9.18. The number of H-pyrrole nitrogens is 1. The molecular formula is C19H22ClN3O2. The number of piperidine rings is 1. The first-order valence-electron chi connectivity index (χ1n) is 8.86. The molecule has 1 aliphatic heterocycles. The quantitative estimate of drug-likeness (QED) is 0.862. The van der Waals surface area contributed by atoms with Crippen LogP contribution in [0.1, 0.15) is 42.6 Å². The zero-order valence-corrected chi connectivity index (χ0v) is 14.8. The molecule has 0 bridgehead atoms. The minimum Gasteiger partial charge on any atom is -0.392 e. The van der Waals surface area contributed by atoms with Crippen molar-refractivity contribution in [2.24, 2.45) is 5.41 Å². The minimum atomic E-state index is -0.283. The third-order valence-electron chi connectivity index (χ3n) is 5.70. The Morgan fingerprint density at radius 3 is 2.76 bits per heavy atom. The van der Waals surface area contributed by atoms with Crippen LogP contribution in [0.25, 0.3) is 11.3 Å². The van der Waals surface area contributed by atoms with E-state index in [1.54, 1.807) is 6.07 Å². The molecule has 2 N–H and O–H groups in total. The summed E-state index contributed by atoms with van der Waals surface area (Å²) in [6.07, 6.45) is 4.59. The fourth-order valence-electron chi connectivity index (χ4n) is 4.30. The maximum absolute atomic E-state index is 12.9. The van der Waals surface area contributed by atoms with Crippen molar-refractivity contribution >= 4 is 17.5 Å². The summed E-state index contributed by atoms with van der Waals surface area (Å²) in [7, 11) is 0. The lowest BCUT2D eigenvalue weighted by Gasteiger charge is -2.42. The number of rotatable bonds is 2. The van der Waals surface area contributed by atoms with E-state index in [4.69, 9.17) is 11.6 Å². The predicted octanol–water partition coefficient (Wildman–Crippen LogP) is 3.50. The number of nitrogens with zero attached hydrogens (tertiary/aromatic N) is 2. The van der Waals surface area contributed by atoms with Crippen molar-refractivity contribution in [3.05, 3.63) is 41.0 Å². The van der Waals surface area contributed by atoms with Crippen LogP contribution in [0.15, 0.2) is 30.3 Å². The molecule has 1 saturated carbocycles. The zero-order chi connectivity index (χ0) is 17.4. The van der Waals surface area contributed by atoms with Crippen LogP contribution in [0.3, 0.4) is 0 Å². The standard InChI is InChI=1S/C19H22ClN3O2/c20-14-6-4-13(5-7-14)15-11-16(22-21-15)18(25)23-10-2-9-19(12-23)8-1-3-17(19)24/h4-7,11,17,24H,1-3,8-10,12H2,(H,21,22)/t17?,19-/m0/s1. The Morgan fingerprint density at radius 2 is 2.04 bits per heavy atom. The van der Waals surface area contributed by atoms with Crippen molar-refractivity contribution in [1.82, 2.24) is 15.1 Å². The molecule has 2 atom stereocenters. The van der Waals surface area contributed by atoms with E-state index in [2.05, 4.69) is 10.2 Å². The van der Waals surface area contributed by atoms with Gasteiger partial charge in [-0.25, -0.2) is 0 Å². The summed E-state index contributed by atoms with van der Waals surface area (Å²) >= 11 is 5.92. The van der Waals surface area contributed by atoms with E-state index in [-0.39, 0.29) is 17.4 Å². The highest BCUT2D eigenvalue weighted by molar-refractivity contribution is 6.30. The fourth-order valence-corrected chi connectivity index (χ4v) is 4.43.